The highest BCUT2D eigenvalue weighted by atomic mass is 16.5. The molecule has 1 atom stereocenters. The van der Waals surface area contributed by atoms with E-state index in [2.05, 4.69) is 20.1 Å². The lowest BCUT2D eigenvalue weighted by atomic mass is 10.1. The molecule has 0 saturated carbocycles. The maximum absolute atomic E-state index is 13.1. The van der Waals surface area contributed by atoms with E-state index in [4.69, 9.17) is 4.74 Å². The zero-order valence-electron chi connectivity index (χ0n) is 16.8. The summed E-state index contributed by atoms with van der Waals surface area (Å²) in [6.45, 7) is 4.17. The van der Waals surface area contributed by atoms with Crippen molar-refractivity contribution in [2.45, 2.75) is 58.2 Å². The summed E-state index contributed by atoms with van der Waals surface area (Å²) in [5.74, 6) is 2.03. The van der Waals surface area contributed by atoms with Gasteiger partial charge in [-0.2, -0.15) is 0 Å². The molecule has 0 bridgehead atoms. The molecule has 2 aromatic rings. The van der Waals surface area contributed by atoms with Gasteiger partial charge in [0.05, 0.1) is 18.7 Å². The molecule has 154 valence electrons. The van der Waals surface area contributed by atoms with Gasteiger partial charge in [0.2, 0.25) is 5.91 Å². The Labute approximate surface area is 170 Å². The molecule has 0 unspecified atom stereocenters. The van der Waals surface area contributed by atoms with Crippen LogP contribution in [0.4, 0.5) is 0 Å². The molecule has 2 aliphatic heterocycles. The highest BCUT2D eigenvalue weighted by Gasteiger charge is 2.35. The van der Waals surface area contributed by atoms with Crippen molar-refractivity contribution >= 4 is 11.8 Å². The van der Waals surface area contributed by atoms with Crippen molar-refractivity contribution in [2.24, 2.45) is 0 Å². The number of hydrogen-bond acceptors (Lipinski definition) is 5. The van der Waals surface area contributed by atoms with Crippen molar-refractivity contribution in [1.82, 2.24) is 25.0 Å². The summed E-state index contributed by atoms with van der Waals surface area (Å²) in [5, 5.41) is 11.4. The molecule has 8 heteroatoms. The third-order valence-electron chi connectivity index (χ3n) is 5.59. The van der Waals surface area contributed by atoms with E-state index in [1.807, 2.05) is 19.1 Å². The van der Waals surface area contributed by atoms with Crippen molar-refractivity contribution in [1.29, 1.82) is 0 Å². The normalized spacial score (nSPS) is 18.4. The number of ether oxygens (including phenoxy) is 1. The lowest BCUT2D eigenvalue weighted by Crippen LogP contribution is -2.46. The smallest absolute Gasteiger partial charge is 0.258 e. The van der Waals surface area contributed by atoms with Crippen molar-refractivity contribution < 1.29 is 14.3 Å². The quantitative estimate of drug-likeness (QED) is 0.805. The Balaban J connectivity index is 1.43. The van der Waals surface area contributed by atoms with Crippen molar-refractivity contribution in [3.05, 3.63) is 41.5 Å². The molecule has 1 N–H and O–H groups in total. The van der Waals surface area contributed by atoms with Crippen LogP contribution in [0.15, 0.2) is 24.3 Å². The van der Waals surface area contributed by atoms with Gasteiger partial charge in [0.25, 0.3) is 5.91 Å². The van der Waals surface area contributed by atoms with Crippen molar-refractivity contribution in [2.75, 3.05) is 13.2 Å². The lowest BCUT2D eigenvalue weighted by Gasteiger charge is -2.25. The number of benzene rings is 1. The third-order valence-corrected chi connectivity index (χ3v) is 5.59. The molecular weight excluding hydrogens is 370 g/mol. The molecule has 29 heavy (non-hydrogen) atoms. The number of likely N-dealkylation sites (tertiary alicyclic amines) is 1. The van der Waals surface area contributed by atoms with E-state index >= 15 is 0 Å². The minimum atomic E-state index is -0.471. The molecule has 8 nitrogen and oxygen atoms in total. The summed E-state index contributed by atoms with van der Waals surface area (Å²) < 4.78 is 7.69. The average molecular weight is 397 g/mol. The lowest BCUT2D eigenvalue weighted by molar-refractivity contribution is -0.125. The van der Waals surface area contributed by atoms with Crippen molar-refractivity contribution in [3.8, 4) is 5.75 Å². The molecule has 0 aliphatic carbocycles. The van der Waals surface area contributed by atoms with Crippen LogP contribution >= 0.6 is 0 Å². The van der Waals surface area contributed by atoms with E-state index in [-0.39, 0.29) is 11.8 Å². The van der Waals surface area contributed by atoms with E-state index in [0.717, 1.165) is 43.9 Å². The standard InChI is InChI=1S/C21H27N5O3/c1-2-29-17-10-4-3-8-15(17)21(28)25-13-7-9-16(25)20(27)22-14-19-24-23-18-11-5-6-12-26(18)19/h3-4,8,10,16H,2,5-7,9,11-14H2,1H3,(H,22,27)/t16-/m1/s1. The number of carbonyl (C=O) groups excluding carboxylic acids is 2. The summed E-state index contributed by atoms with van der Waals surface area (Å²) >= 11 is 0. The molecule has 2 amide bonds. The molecule has 2 aliphatic rings. The van der Waals surface area contributed by atoms with E-state index in [9.17, 15) is 9.59 Å². The Morgan fingerprint density at radius 2 is 2.03 bits per heavy atom. The summed E-state index contributed by atoms with van der Waals surface area (Å²) in [7, 11) is 0. The fourth-order valence-corrected chi connectivity index (χ4v) is 4.15. The summed E-state index contributed by atoms with van der Waals surface area (Å²) in [5.41, 5.74) is 0.501. The topological polar surface area (TPSA) is 89.3 Å². The first-order valence-corrected chi connectivity index (χ1v) is 10.4. The van der Waals surface area contributed by atoms with Gasteiger partial charge in [-0.3, -0.25) is 9.59 Å². The Bertz CT molecular complexity index is 894. The van der Waals surface area contributed by atoms with E-state index in [1.165, 1.54) is 0 Å². The number of nitrogens with one attached hydrogen (secondary N) is 1. The predicted octanol–water partition coefficient (Wildman–Crippen LogP) is 1.93. The second-order valence-electron chi connectivity index (χ2n) is 7.44. The number of carbonyl (C=O) groups is 2. The van der Waals surface area contributed by atoms with Gasteiger partial charge in [-0.25, -0.2) is 0 Å². The average Bonchev–Trinajstić information content (AvgIpc) is 3.40. The second-order valence-corrected chi connectivity index (χ2v) is 7.44. The first-order chi connectivity index (χ1) is 14.2. The first kappa shape index (κ1) is 19.4. The summed E-state index contributed by atoms with van der Waals surface area (Å²) in [6, 6.07) is 6.73. The van der Waals surface area contributed by atoms with Gasteiger partial charge in [-0.15, -0.1) is 10.2 Å². The highest BCUT2D eigenvalue weighted by molar-refractivity contribution is 6.00. The van der Waals surface area contributed by atoms with E-state index in [0.29, 0.717) is 37.4 Å². The maximum Gasteiger partial charge on any atom is 0.258 e. The molecule has 0 spiro atoms. The fourth-order valence-electron chi connectivity index (χ4n) is 4.15. The largest absolute Gasteiger partial charge is 0.493 e. The van der Waals surface area contributed by atoms with Crippen LogP contribution in [0.25, 0.3) is 0 Å². The predicted molar refractivity (Wildman–Crippen MR) is 106 cm³/mol. The number of amides is 2. The van der Waals surface area contributed by atoms with Crippen LogP contribution in [-0.4, -0.2) is 50.7 Å². The zero-order valence-corrected chi connectivity index (χ0v) is 16.8. The van der Waals surface area contributed by atoms with Crippen LogP contribution in [-0.2, 0) is 24.3 Å². The number of hydrogen-bond donors (Lipinski definition) is 1. The number of aryl methyl sites for hydroxylation is 1. The maximum atomic E-state index is 13.1. The minimum absolute atomic E-state index is 0.141. The van der Waals surface area contributed by atoms with Gasteiger partial charge < -0.3 is 19.5 Å². The molecule has 1 fully saturated rings. The third kappa shape index (κ3) is 3.97. The van der Waals surface area contributed by atoms with Gasteiger partial charge in [-0.1, -0.05) is 12.1 Å². The van der Waals surface area contributed by atoms with Crippen LogP contribution in [0.5, 0.6) is 5.75 Å². The van der Waals surface area contributed by atoms with Gasteiger partial charge in [0, 0.05) is 19.5 Å². The van der Waals surface area contributed by atoms with E-state index in [1.54, 1.807) is 17.0 Å². The molecule has 4 rings (SSSR count). The van der Waals surface area contributed by atoms with Gasteiger partial charge >= 0.3 is 0 Å². The van der Waals surface area contributed by atoms with Crippen LogP contribution in [0.3, 0.4) is 0 Å². The van der Waals surface area contributed by atoms with Crippen LogP contribution in [0, 0.1) is 0 Å². The molecule has 0 radical (unpaired) electrons. The number of nitrogens with zero attached hydrogens (tertiary/aromatic N) is 4. The Kier molecular flexibility index (Phi) is 5.78. The van der Waals surface area contributed by atoms with Crippen LogP contribution < -0.4 is 10.1 Å². The van der Waals surface area contributed by atoms with Gasteiger partial charge in [0.15, 0.2) is 5.82 Å². The van der Waals surface area contributed by atoms with Crippen LogP contribution in [0.2, 0.25) is 0 Å². The molecule has 3 heterocycles. The Morgan fingerprint density at radius 3 is 2.90 bits per heavy atom. The number of aromatic nitrogens is 3. The molecule has 1 aromatic heterocycles. The fraction of sp³-hybridized carbons (Fsp3) is 0.524. The van der Waals surface area contributed by atoms with Gasteiger partial charge in [-0.05, 0) is 44.7 Å². The summed E-state index contributed by atoms with van der Waals surface area (Å²) in [6.07, 6.45) is 4.64. The van der Waals surface area contributed by atoms with Gasteiger partial charge in [0.1, 0.15) is 17.6 Å². The summed E-state index contributed by atoms with van der Waals surface area (Å²) in [4.78, 5) is 27.7. The first-order valence-electron chi connectivity index (χ1n) is 10.4. The zero-order chi connectivity index (χ0) is 20.2. The van der Waals surface area contributed by atoms with Crippen molar-refractivity contribution in [3.63, 3.8) is 0 Å². The molecule has 1 saturated heterocycles. The number of fused-ring (bicyclic) bond motifs is 1. The number of rotatable bonds is 6. The number of para-hydroxylation sites is 1. The monoisotopic (exact) mass is 397 g/mol. The van der Waals surface area contributed by atoms with E-state index < -0.39 is 6.04 Å². The molecule has 1 aromatic carbocycles. The second kappa shape index (κ2) is 8.63. The minimum Gasteiger partial charge on any atom is -0.493 e. The van der Waals surface area contributed by atoms with Crippen LogP contribution in [0.1, 0.15) is 54.6 Å². The Hall–Kier alpha value is -2.90. The highest BCUT2D eigenvalue weighted by Crippen LogP contribution is 2.25. The Morgan fingerprint density at radius 1 is 1.17 bits per heavy atom. The molecular formula is C21H27N5O3. The SMILES string of the molecule is CCOc1ccccc1C(=O)N1CCC[C@@H]1C(=O)NCc1nnc2n1CCCC2.